The zero-order chi connectivity index (χ0) is 14.1. The number of hydrogen-bond acceptors (Lipinski definition) is 3. The number of aryl methyl sites for hydroxylation is 1. The van der Waals surface area contributed by atoms with Crippen molar-refractivity contribution in [1.82, 2.24) is 14.9 Å². The monoisotopic (exact) mass is 285 g/mol. The number of aromatic nitrogens is 2. The molecule has 0 saturated heterocycles. The standard InChI is InChI=1S/C15H15N3OS/c1-10-7-8-13(20-10)15(19)18(2)9-14-16-11-5-3-4-6-12(11)17-14/h3-8H,9H2,1-2H3,(H,16,17). The van der Waals surface area contributed by atoms with Crippen molar-refractivity contribution in [3.05, 3.63) is 52.0 Å². The second-order valence-electron chi connectivity index (χ2n) is 4.77. The Hall–Kier alpha value is -2.14. The van der Waals surface area contributed by atoms with Gasteiger partial charge in [0.25, 0.3) is 5.91 Å². The molecule has 3 rings (SSSR count). The molecule has 20 heavy (non-hydrogen) atoms. The summed E-state index contributed by atoms with van der Waals surface area (Å²) in [5, 5.41) is 0. The molecule has 1 amide bonds. The van der Waals surface area contributed by atoms with Gasteiger partial charge in [0.15, 0.2) is 0 Å². The molecule has 2 heterocycles. The predicted molar refractivity (Wildman–Crippen MR) is 80.9 cm³/mol. The fraction of sp³-hybridized carbons (Fsp3) is 0.200. The van der Waals surface area contributed by atoms with E-state index in [9.17, 15) is 4.79 Å². The summed E-state index contributed by atoms with van der Waals surface area (Å²) >= 11 is 1.52. The Bertz CT molecular complexity index is 726. The average Bonchev–Trinajstić information content (AvgIpc) is 3.03. The second-order valence-corrected chi connectivity index (χ2v) is 6.06. The van der Waals surface area contributed by atoms with Crippen LogP contribution in [0.2, 0.25) is 0 Å². The topological polar surface area (TPSA) is 49.0 Å². The molecule has 0 fully saturated rings. The quantitative estimate of drug-likeness (QED) is 0.803. The minimum atomic E-state index is 0.0311. The molecular formula is C15H15N3OS. The summed E-state index contributed by atoms with van der Waals surface area (Å²) in [6.45, 7) is 2.48. The Morgan fingerprint density at radius 1 is 1.30 bits per heavy atom. The first kappa shape index (κ1) is 12.9. The van der Waals surface area contributed by atoms with Crippen LogP contribution < -0.4 is 0 Å². The van der Waals surface area contributed by atoms with Gasteiger partial charge in [-0.1, -0.05) is 12.1 Å². The maximum atomic E-state index is 12.3. The molecule has 0 aliphatic rings. The number of nitrogens with one attached hydrogen (secondary N) is 1. The van der Waals surface area contributed by atoms with Crippen LogP contribution in [0.1, 0.15) is 20.4 Å². The summed E-state index contributed by atoms with van der Waals surface area (Å²) in [6, 6.07) is 11.7. The molecule has 1 N–H and O–H groups in total. The summed E-state index contributed by atoms with van der Waals surface area (Å²) in [5.41, 5.74) is 1.92. The van der Waals surface area contributed by atoms with E-state index in [1.54, 1.807) is 11.9 Å². The molecule has 0 aliphatic heterocycles. The lowest BCUT2D eigenvalue weighted by molar-refractivity contribution is 0.0787. The number of amides is 1. The number of H-pyrrole nitrogens is 1. The van der Waals surface area contributed by atoms with Crippen molar-refractivity contribution in [2.75, 3.05) is 7.05 Å². The van der Waals surface area contributed by atoms with Crippen molar-refractivity contribution in [3.63, 3.8) is 0 Å². The summed E-state index contributed by atoms with van der Waals surface area (Å²) in [4.78, 5) is 23.6. The van der Waals surface area contributed by atoms with Gasteiger partial charge in [-0.3, -0.25) is 4.79 Å². The fourth-order valence-corrected chi connectivity index (χ4v) is 2.98. The molecule has 4 nitrogen and oxygen atoms in total. The van der Waals surface area contributed by atoms with Crippen LogP contribution in [0, 0.1) is 6.92 Å². The molecule has 2 aromatic heterocycles. The molecule has 0 saturated carbocycles. The van der Waals surface area contributed by atoms with Crippen LogP contribution in [0.3, 0.4) is 0 Å². The number of carbonyl (C=O) groups excluding carboxylic acids is 1. The van der Waals surface area contributed by atoms with Gasteiger partial charge in [-0.25, -0.2) is 4.98 Å². The molecule has 1 aromatic carbocycles. The van der Waals surface area contributed by atoms with Crippen molar-refractivity contribution in [1.29, 1.82) is 0 Å². The van der Waals surface area contributed by atoms with E-state index in [0.29, 0.717) is 6.54 Å². The highest BCUT2D eigenvalue weighted by atomic mass is 32.1. The van der Waals surface area contributed by atoms with E-state index in [1.165, 1.54) is 11.3 Å². The molecule has 0 bridgehead atoms. The highest BCUT2D eigenvalue weighted by molar-refractivity contribution is 7.13. The van der Waals surface area contributed by atoms with E-state index in [1.807, 2.05) is 43.3 Å². The number of thiophene rings is 1. The van der Waals surface area contributed by atoms with Gasteiger partial charge in [-0.2, -0.15) is 0 Å². The van der Waals surface area contributed by atoms with Gasteiger partial charge < -0.3 is 9.88 Å². The Morgan fingerprint density at radius 2 is 2.10 bits per heavy atom. The fourth-order valence-electron chi connectivity index (χ4n) is 2.11. The number of fused-ring (bicyclic) bond motifs is 1. The van der Waals surface area contributed by atoms with Crippen LogP contribution in [0.15, 0.2) is 36.4 Å². The van der Waals surface area contributed by atoms with Crippen LogP contribution in [0.25, 0.3) is 11.0 Å². The molecule has 0 radical (unpaired) electrons. The van der Waals surface area contributed by atoms with Crippen molar-refractivity contribution in [3.8, 4) is 0 Å². The summed E-state index contributed by atoms with van der Waals surface area (Å²) in [6.07, 6.45) is 0. The first-order valence-corrected chi connectivity index (χ1v) is 7.20. The third-order valence-electron chi connectivity index (χ3n) is 3.12. The molecule has 3 aromatic rings. The third kappa shape index (κ3) is 2.44. The Balaban J connectivity index is 1.78. The highest BCUT2D eigenvalue weighted by Crippen LogP contribution is 2.18. The Morgan fingerprint density at radius 3 is 2.80 bits per heavy atom. The second kappa shape index (κ2) is 5.09. The average molecular weight is 285 g/mol. The zero-order valence-electron chi connectivity index (χ0n) is 11.4. The van der Waals surface area contributed by atoms with Crippen molar-refractivity contribution >= 4 is 28.3 Å². The van der Waals surface area contributed by atoms with E-state index < -0.39 is 0 Å². The lowest BCUT2D eigenvalue weighted by atomic mass is 10.3. The van der Waals surface area contributed by atoms with Gasteiger partial charge in [0.1, 0.15) is 5.82 Å². The predicted octanol–water partition coefficient (Wildman–Crippen LogP) is 3.21. The smallest absolute Gasteiger partial charge is 0.264 e. The number of nitrogens with zero attached hydrogens (tertiary/aromatic N) is 2. The highest BCUT2D eigenvalue weighted by Gasteiger charge is 2.15. The van der Waals surface area contributed by atoms with Crippen molar-refractivity contribution in [2.24, 2.45) is 0 Å². The van der Waals surface area contributed by atoms with Crippen LogP contribution in [0.4, 0.5) is 0 Å². The van der Waals surface area contributed by atoms with Crippen LogP contribution in [-0.4, -0.2) is 27.8 Å². The van der Waals surface area contributed by atoms with Gasteiger partial charge in [0, 0.05) is 11.9 Å². The Labute approximate surface area is 121 Å². The number of para-hydroxylation sites is 2. The number of imidazole rings is 1. The lowest BCUT2D eigenvalue weighted by Gasteiger charge is -2.14. The minimum Gasteiger partial charge on any atom is -0.340 e. The molecular weight excluding hydrogens is 270 g/mol. The normalized spacial score (nSPS) is 10.9. The molecule has 5 heteroatoms. The summed E-state index contributed by atoms with van der Waals surface area (Å²) < 4.78 is 0. The lowest BCUT2D eigenvalue weighted by Crippen LogP contribution is -2.25. The third-order valence-corrected chi connectivity index (χ3v) is 4.11. The number of hydrogen-bond donors (Lipinski definition) is 1. The van der Waals surface area contributed by atoms with Crippen LogP contribution >= 0.6 is 11.3 Å². The first-order chi connectivity index (χ1) is 9.63. The number of aromatic amines is 1. The van der Waals surface area contributed by atoms with E-state index in [0.717, 1.165) is 26.6 Å². The molecule has 0 aliphatic carbocycles. The van der Waals surface area contributed by atoms with E-state index >= 15 is 0 Å². The van der Waals surface area contributed by atoms with Gasteiger partial charge in [0.05, 0.1) is 22.5 Å². The largest absolute Gasteiger partial charge is 0.340 e. The van der Waals surface area contributed by atoms with Gasteiger partial charge >= 0.3 is 0 Å². The van der Waals surface area contributed by atoms with Crippen LogP contribution in [-0.2, 0) is 6.54 Å². The summed E-state index contributed by atoms with van der Waals surface area (Å²) in [5.74, 6) is 0.832. The Kier molecular flexibility index (Phi) is 3.28. The van der Waals surface area contributed by atoms with Gasteiger partial charge in [-0.05, 0) is 31.2 Å². The van der Waals surface area contributed by atoms with Crippen molar-refractivity contribution < 1.29 is 4.79 Å². The zero-order valence-corrected chi connectivity index (χ0v) is 12.2. The molecule has 0 unspecified atom stereocenters. The number of rotatable bonds is 3. The van der Waals surface area contributed by atoms with Crippen LogP contribution in [0.5, 0.6) is 0 Å². The summed E-state index contributed by atoms with van der Waals surface area (Å²) in [7, 11) is 1.80. The van der Waals surface area contributed by atoms with Crippen molar-refractivity contribution in [2.45, 2.75) is 13.5 Å². The van der Waals surface area contributed by atoms with E-state index in [2.05, 4.69) is 9.97 Å². The van der Waals surface area contributed by atoms with E-state index in [4.69, 9.17) is 0 Å². The molecule has 0 atom stereocenters. The van der Waals surface area contributed by atoms with Gasteiger partial charge in [0.2, 0.25) is 0 Å². The first-order valence-electron chi connectivity index (χ1n) is 6.39. The maximum absolute atomic E-state index is 12.3. The number of carbonyl (C=O) groups is 1. The minimum absolute atomic E-state index is 0.0311. The number of benzene rings is 1. The SMILES string of the molecule is Cc1ccc(C(=O)N(C)Cc2nc3ccccc3[nH]2)s1. The maximum Gasteiger partial charge on any atom is 0.264 e. The molecule has 102 valence electrons. The van der Waals surface area contributed by atoms with Gasteiger partial charge in [-0.15, -0.1) is 11.3 Å². The van der Waals surface area contributed by atoms with E-state index in [-0.39, 0.29) is 5.91 Å². The molecule has 0 spiro atoms.